The molecule has 0 aromatic carbocycles. The molecule has 0 amide bonds. The quantitative estimate of drug-likeness (QED) is 0.626. The first kappa shape index (κ1) is 9.92. The molecule has 0 rings (SSSR count). The van der Waals surface area contributed by atoms with Crippen LogP contribution < -0.4 is 0 Å². The third-order valence-electron chi connectivity index (χ3n) is 1.76. The molecule has 0 spiro atoms. The molecule has 0 heterocycles. The van der Waals surface area contributed by atoms with Crippen molar-refractivity contribution in [1.82, 2.24) is 4.90 Å². The molecular formula is C8H19NO. The summed E-state index contributed by atoms with van der Waals surface area (Å²) in [5.41, 5.74) is 0. The standard InChI is InChI=1S/C8H19NO/c1-4-9(5-2)7-6-8(3)10/h8,10H,4-7H2,1-3H3/t8-/m0/s1. The molecule has 62 valence electrons. The first-order valence-electron chi connectivity index (χ1n) is 4.11. The zero-order chi connectivity index (χ0) is 7.98. The van der Waals surface area contributed by atoms with Crippen LogP contribution in [0.3, 0.4) is 0 Å². The highest BCUT2D eigenvalue weighted by atomic mass is 16.3. The van der Waals surface area contributed by atoms with Crippen molar-refractivity contribution in [3.63, 3.8) is 0 Å². The number of aliphatic hydroxyl groups is 1. The summed E-state index contributed by atoms with van der Waals surface area (Å²) >= 11 is 0. The van der Waals surface area contributed by atoms with Crippen LogP contribution in [-0.4, -0.2) is 35.7 Å². The second-order valence-electron chi connectivity index (χ2n) is 2.66. The normalized spacial score (nSPS) is 14.1. The molecule has 0 aromatic rings. The van der Waals surface area contributed by atoms with Gasteiger partial charge in [-0.05, 0) is 26.4 Å². The summed E-state index contributed by atoms with van der Waals surface area (Å²) in [5, 5.41) is 8.97. The van der Waals surface area contributed by atoms with E-state index in [2.05, 4.69) is 18.7 Å². The summed E-state index contributed by atoms with van der Waals surface area (Å²) in [6, 6.07) is 0. The van der Waals surface area contributed by atoms with Crippen LogP contribution in [-0.2, 0) is 0 Å². The zero-order valence-electron chi connectivity index (χ0n) is 7.30. The predicted octanol–water partition coefficient (Wildman–Crippen LogP) is 1.10. The van der Waals surface area contributed by atoms with Gasteiger partial charge in [0, 0.05) is 6.54 Å². The monoisotopic (exact) mass is 145 g/mol. The Kier molecular flexibility index (Phi) is 5.64. The van der Waals surface area contributed by atoms with E-state index in [1.165, 1.54) is 0 Å². The third-order valence-corrected chi connectivity index (χ3v) is 1.76. The second-order valence-corrected chi connectivity index (χ2v) is 2.66. The van der Waals surface area contributed by atoms with Gasteiger partial charge in [0.25, 0.3) is 0 Å². The topological polar surface area (TPSA) is 23.5 Å². The zero-order valence-corrected chi connectivity index (χ0v) is 7.30. The van der Waals surface area contributed by atoms with Crippen LogP contribution in [0.15, 0.2) is 0 Å². The average molecular weight is 145 g/mol. The van der Waals surface area contributed by atoms with E-state index in [1.54, 1.807) is 0 Å². The Balaban J connectivity index is 3.26. The molecule has 10 heavy (non-hydrogen) atoms. The molecule has 0 unspecified atom stereocenters. The van der Waals surface area contributed by atoms with Gasteiger partial charge in [0.2, 0.25) is 0 Å². The summed E-state index contributed by atoms with van der Waals surface area (Å²) in [6.45, 7) is 9.32. The lowest BCUT2D eigenvalue weighted by atomic mass is 10.3. The Morgan fingerprint density at radius 2 is 1.80 bits per heavy atom. The fraction of sp³-hybridized carbons (Fsp3) is 1.00. The first-order valence-corrected chi connectivity index (χ1v) is 4.11. The van der Waals surface area contributed by atoms with Gasteiger partial charge < -0.3 is 10.0 Å². The van der Waals surface area contributed by atoms with Crippen LogP contribution in [0.4, 0.5) is 0 Å². The van der Waals surface area contributed by atoms with Gasteiger partial charge in [-0.25, -0.2) is 0 Å². The molecule has 1 N–H and O–H groups in total. The van der Waals surface area contributed by atoms with E-state index in [1.807, 2.05) is 6.92 Å². The van der Waals surface area contributed by atoms with Crippen LogP contribution in [0.2, 0.25) is 0 Å². The van der Waals surface area contributed by atoms with E-state index in [9.17, 15) is 0 Å². The van der Waals surface area contributed by atoms with Crippen LogP contribution in [0, 0.1) is 0 Å². The van der Waals surface area contributed by atoms with Gasteiger partial charge in [-0.2, -0.15) is 0 Å². The largest absolute Gasteiger partial charge is 0.393 e. The minimum Gasteiger partial charge on any atom is -0.393 e. The minimum absolute atomic E-state index is 0.152. The van der Waals surface area contributed by atoms with E-state index in [0.29, 0.717) is 0 Å². The molecule has 0 bridgehead atoms. The Morgan fingerprint density at radius 3 is 2.10 bits per heavy atom. The maximum atomic E-state index is 8.97. The fourth-order valence-electron chi connectivity index (χ4n) is 0.909. The van der Waals surface area contributed by atoms with E-state index < -0.39 is 0 Å². The summed E-state index contributed by atoms with van der Waals surface area (Å²) < 4.78 is 0. The highest BCUT2D eigenvalue weighted by molar-refractivity contribution is 4.55. The molecule has 0 aliphatic heterocycles. The summed E-state index contributed by atoms with van der Waals surface area (Å²) in [6.07, 6.45) is 0.738. The lowest BCUT2D eigenvalue weighted by Gasteiger charge is -2.18. The Morgan fingerprint density at radius 1 is 1.30 bits per heavy atom. The Bertz CT molecular complexity index is 69.7. The van der Waals surface area contributed by atoms with Crippen molar-refractivity contribution in [2.45, 2.75) is 33.3 Å². The number of hydrogen-bond acceptors (Lipinski definition) is 2. The second kappa shape index (κ2) is 5.69. The number of nitrogens with zero attached hydrogens (tertiary/aromatic N) is 1. The van der Waals surface area contributed by atoms with E-state index in [-0.39, 0.29) is 6.10 Å². The van der Waals surface area contributed by atoms with Crippen molar-refractivity contribution < 1.29 is 5.11 Å². The lowest BCUT2D eigenvalue weighted by molar-refractivity contribution is 0.160. The molecule has 0 aliphatic carbocycles. The van der Waals surface area contributed by atoms with Crippen molar-refractivity contribution in [1.29, 1.82) is 0 Å². The smallest absolute Gasteiger partial charge is 0.0524 e. The van der Waals surface area contributed by atoms with Crippen LogP contribution in [0.1, 0.15) is 27.2 Å². The number of aliphatic hydroxyl groups excluding tert-OH is 1. The molecule has 2 heteroatoms. The molecular weight excluding hydrogens is 126 g/mol. The maximum Gasteiger partial charge on any atom is 0.0524 e. The van der Waals surface area contributed by atoms with Gasteiger partial charge in [-0.15, -0.1) is 0 Å². The van der Waals surface area contributed by atoms with Crippen LogP contribution in [0.5, 0.6) is 0 Å². The van der Waals surface area contributed by atoms with E-state index in [0.717, 1.165) is 26.1 Å². The molecule has 0 saturated heterocycles. The molecule has 0 aromatic heterocycles. The van der Waals surface area contributed by atoms with Crippen molar-refractivity contribution >= 4 is 0 Å². The molecule has 0 aliphatic rings. The highest BCUT2D eigenvalue weighted by Gasteiger charge is 2.00. The third kappa shape index (κ3) is 4.77. The predicted molar refractivity (Wildman–Crippen MR) is 44.1 cm³/mol. The van der Waals surface area contributed by atoms with Gasteiger partial charge in [-0.3, -0.25) is 0 Å². The summed E-state index contributed by atoms with van der Waals surface area (Å²) in [4.78, 5) is 2.31. The summed E-state index contributed by atoms with van der Waals surface area (Å²) in [5.74, 6) is 0. The first-order chi connectivity index (χ1) is 4.70. The fourth-order valence-corrected chi connectivity index (χ4v) is 0.909. The Hall–Kier alpha value is -0.0800. The van der Waals surface area contributed by atoms with Gasteiger partial charge in [0.15, 0.2) is 0 Å². The molecule has 1 atom stereocenters. The SMILES string of the molecule is CCN(CC)CC[C@H](C)O. The van der Waals surface area contributed by atoms with Crippen LogP contribution in [0.25, 0.3) is 0 Å². The van der Waals surface area contributed by atoms with Gasteiger partial charge in [0.05, 0.1) is 6.10 Å². The molecule has 2 nitrogen and oxygen atoms in total. The van der Waals surface area contributed by atoms with E-state index in [4.69, 9.17) is 5.11 Å². The van der Waals surface area contributed by atoms with Crippen molar-refractivity contribution in [3.05, 3.63) is 0 Å². The van der Waals surface area contributed by atoms with Crippen molar-refractivity contribution in [2.75, 3.05) is 19.6 Å². The lowest BCUT2D eigenvalue weighted by Crippen LogP contribution is -2.26. The summed E-state index contributed by atoms with van der Waals surface area (Å²) in [7, 11) is 0. The number of hydrogen-bond donors (Lipinski definition) is 1. The van der Waals surface area contributed by atoms with Gasteiger partial charge in [-0.1, -0.05) is 13.8 Å². The number of rotatable bonds is 5. The van der Waals surface area contributed by atoms with Gasteiger partial charge in [0.1, 0.15) is 0 Å². The molecule has 0 fully saturated rings. The molecule has 0 saturated carbocycles. The molecule has 0 radical (unpaired) electrons. The maximum absolute atomic E-state index is 8.97. The minimum atomic E-state index is -0.152. The highest BCUT2D eigenvalue weighted by Crippen LogP contribution is 1.94. The average Bonchev–Trinajstić information content (AvgIpc) is 1.90. The Labute approximate surface area is 63.8 Å². The van der Waals surface area contributed by atoms with E-state index >= 15 is 0 Å². The van der Waals surface area contributed by atoms with Crippen molar-refractivity contribution in [2.24, 2.45) is 0 Å². The van der Waals surface area contributed by atoms with Crippen molar-refractivity contribution in [3.8, 4) is 0 Å². The van der Waals surface area contributed by atoms with Gasteiger partial charge >= 0.3 is 0 Å². The van der Waals surface area contributed by atoms with Crippen LogP contribution >= 0.6 is 0 Å².